The number of halogens is 3. The summed E-state index contributed by atoms with van der Waals surface area (Å²) in [7, 11) is -5.46. The number of hydrogen-bond donors (Lipinski definition) is 1. The fourth-order valence-electron chi connectivity index (χ4n) is 1.59. The maximum Gasteiger partial charge on any atom is 0.501 e. The highest BCUT2D eigenvalue weighted by atomic mass is 32.2. The van der Waals surface area contributed by atoms with Gasteiger partial charge in [-0.05, 0) is 24.3 Å². The molecule has 0 aliphatic carbocycles. The van der Waals surface area contributed by atoms with E-state index in [1.165, 1.54) is 29.5 Å². The van der Waals surface area contributed by atoms with Crippen molar-refractivity contribution < 1.29 is 26.4 Å². The number of allylic oxidation sites excluding steroid dienone is 1. The third-order valence-electron chi connectivity index (χ3n) is 2.65. The van der Waals surface area contributed by atoms with E-state index < -0.39 is 26.3 Å². The number of nitrogens with zero attached hydrogens (tertiary/aromatic N) is 2. The molecule has 1 aromatic rings. The Morgan fingerprint density at radius 3 is 2.64 bits per heavy atom. The average molecular weight is 333 g/mol. The first kappa shape index (κ1) is 16.0. The number of urea groups is 1. The second kappa shape index (κ2) is 5.79. The minimum absolute atomic E-state index is 0.0584. The Labute approximate surface area is 123 Å². The van der Waals surface area contributed by atoms with Crippen molar-refractivity contribution in [1.82, 2.24) is 4.90 Å². The van der Waals surface area contributed by atoms with Gasteiger partial charge in [-0.1, -0.05) is 6.07 Å². The van der Waals surface area contributed by atoms with Crippen LogP contribution in [0.1, 0.15) is 0 Å². The Morgan fingerprint density at radius 2 is 2.05 bits per heavy atom. The molecule has 1 heterocycles. The van der Waals surface area contributed by atoms with Crippen LogP contribution in [0.5, 0.6) is 0 Å². The number of carbonyl (C=O) groups excluding carboxylic acids is 1. The topological polar surface area (TPSA) is 78.8 Å². The molecule has 0 bridgehead atoms. The van der Waals surface area contributed by atoms with Crippen molar-refractivity contribution in [3.8, 4) is 0 Å². The van der Waals surface area contributed by atoms with Crippen LogP contribution in [0.3, 0.4) is 0 Å². The molecule has 1 N–H and O–H groups in total. The average Bonchev–Trinajstić information content (AvgIpc) is 2.47. The van der Waals surface area contributed by atoms with Crippen molar-refractivity contribution in [3.63, 3.8) is 0 Å². The molecule has 22 heavy (non-hydrogen) atoms. The molecule has 118 valence electrons. The number of aliphatic imine (C=N–C) groups is 1. The molecule has 2 amide bonds. The number of nitrogens with one attached hydrogen (secondary N) is 1. The van der Waals surface area contributed by atoms with Gasteiger partial charge in [-0.25, -0.2) is 13.2 Å². The monoisotopic (exact) mass is 333 g/mol. The van der Waals surface area contributed by atoms with E-state index in [0.717, 1.165) is 18.2 Å². The van der Waals surface area contributed by atoms with Crippen LogP contribution in [0.25, 0.3) is 0 Å². The van der Waals surface area contributed by atoms with Gasteiger partial charge in [-0.15, -0.1) is 0 Å². The number of anilines is 1. The number of rotatable bonds is 2. The lowest BCUT2D eigenvalue weighted by molar-refractivity contribution is -0.0435. The molecule has 1 aromatic carbocycles. The van der Waals surface area contributed by atoms with E-state index in [1.54, 1.807) is 0 Å². The fraction of sp³-hybridized carbons (Fsp3) is 0.167. The Hall–Kier alpha value is -2.36. The second-order valence-electron chi connectivity index (χ2n) is 4.19. The van der Waals surface area contributed by atoms with E-state index in [-0.39, 0.29) is 12.4 Å². The van der Waals surface area contributed by atoms with E-state index in [2.05, 4.69) is 10.3 Å². The SMILES string of the molecule is O=C(Nc1cccc(S(=O)(=O)C(F)(F)F)c1)N1C=CC=NC1. The van der Waals surface area contributed by atoms with Crippen molar-refractivity contribution in [2.24, 2.45) is 4.99 Å². The van der Waals surface area contributed by atoms with Gasteiger partial charge in [0.05, 0.1) is 4.90 Å². The second-order valence-corrected chi connectivity index (χ2v) is 6.13. The van der Waals surface area contributed by atoms with Crippen LogP contribution < -0.4 is 5.32 Å². The lowest BCUT2D eigenvalue weighted by atomic mass is 10.3. The molecule has 0 saturated carbocycles. The Bertz CT molecular complexity index is 741. The quantitative estimate of drug-likeness (QED) is 0.902. The molecule has 10 heteroatoms. The molecule has 0 aromatic heterocycles. The number of amides is 2. The Kier molecular flexibility index (Phi) is 4.22. The van der Waals surface area contributed by atoms with Crippen molar-refractivity contribution >= 4 is 27.8 Å². The number of hydrogen-bond acceptors (Lipinski definition) is 4. The minimum atomic E-state index is -5.46. The summed E-state index contributed by atoms with van der Waals surface area (Å²) in [6, 6.07) is 3.30. The van der Waals surface area contributed by atoms with Gasteiger partial charge in [-0.2, -0.15) is 13.2 Å². The highest BCUT2D eigenvalue weighted by Gasteiger charge is 2.46. The summed E-state index contributed by atoms with van der Waals surface area (Å²) >= 11 is 0. The van der Waals surface area contributed by atoms with Crippen LogP contribution in [0.15, 0.2) is 46.4 Å². The van der Waals surface area contributed by atoms with Gasteiger partial charge >= 0.3 is 11.5 Å². The first-order valence-electron chi connectivity index (χ1n) is 5.87. The smallest absolute Gasteiger partial charge is 0.307 e. The molecule has 0 fully saturated rings. The molecule has 6 nitrogen and oxygen atoms in total. The van der Waals surface area contributed by atoms with Gasteiger partial charge in [0.1, 0.15) is 6.67 Å². The largest absolute Gasteiger partial charge is 0.501 e. The first-order chi connectivity index (χ1) is 10.2. The van der Waals surface area contributed by atoms with Crippen LogP contribution in [-0.4, -0.2) is 37.7 Å². The molecule has 1 aliphatic rings. The van der Waals surface area contributed by atoms with Crippen molar-refractivity contribution in [1.29, 1.82) is 0 Å². The maximum atomic E-state index is 12.5. The van der Waals surface area contributed by atoms with E-state index in [9.17, 15) is 26.4 Å². The zero-order chi connectivity index (χ0) is 16.4. The summed E-state index contributed by atoms with van der Waals surface area (Å²) in [4.78, 5) is 15.9. The minimum Gasteiger partial charge on any atom is -0.307 e. The molecule has 0 spiro atoms. The zero-order valence-corrected chi connectivity index (χ0v) is 11.7. The summed E-state index contributed by atoms with van der Waals surface area (Å²) in [6.07, 6.45) is 4.42. The van der Waals surface area contributed by atoms with Crippen molar-refractivity contribution in [2.75, 3.05) is 12.0 Å². The highest BCUT2D eigenvalue weighted by Crippen LogP contribution is 2.31. The fourth-order valence-corrected chi connectivity index (χ4v) is 2.39. The van der Waals surface area contributed by atoms with Crippen LogP contribution >= 0.6 is 0 Å². The van der Waals surface area contributed by atoms with Crippen LogP contribution in [0.2, 0.25) is 0 Å². The van der Waals surface area contributed by atoms with E-state index in [1.807, 2.05) is 0 Å². The van der Waals surface area contributed by atoms with Gasteiger partial charge < -0.3 is 5.32 Å². The molecule has 0 saturated heterocycles. The van der Waals surface area contributed by atoms with E-state index in [0.29, 0.717) is 0 Å². The predicted octanol–water partition coefficient (Wildman–Crippen LogP) is 2.37. The molecule has 1 aliphatic heterocycles. The van der Waals surface area contributed by atoms with Crippen LogP contribution in [-0.2, 0) is 9.84 Å². The predicted molar refractivity (Wildman–Crippen MR) is 73.0 cm³/mol. The van der Waals surface area contributed by atoms with Gasteiger partial charge in [0, 0.05) is 18.1 Å². The van der Waals surface area contributed by atoms with Crippen molar-refractivity contribution in [3.05, 3.63) is 36.5 Å². The zero-order valence-electron chi connectivity index (χ0n) is 10.9. The van der Waals surface area contributed by atoms with Gasteiger partial charge in [0.2, 0.25) is 0 Å². The van der Waals surface area contributed by atoms with E-state index in [4.69, 9.17) is 0 Å². The van der Waals surface area contributed by atoms with Gasteiger partial charge in [0.15, 0.2) is 0 Å². The lowest BCUT2D eigenvalue weighted by Gasteiger charge is -2.18. The maximum absolute atomic E-state index is 12.5. The summed E-state index contributed by atoms with van der Waals surface area (Å²) in [5.74, 6) is 0. The van der Waals surface area contributed by atoms with E-state index >= 15 is 0 Å². The molecule has 0 unspecified atom stereocenters. The Morgan fingerprint density at radius 1 is 1.32 bits per heavy atom. The number of sulfone groups is 1. The highest BCUT2D eigenvalue weighted by molar-refractivity contribution is 7.92. The molecular formula is C12H10F3N3O3S. The van der Waals surface area contributed by atoms with Crippen LogP contribution in [0, 0.1) is 0 Å². The number of alkyl halides is 3. The third kappa shape index (κ3) is 3.27. The summed E-state index contributed by atoms with van der Waals surface area (Å²) in [5.41, 5.74) is -5.47. The molecular weight excluding hydrogens is 323 g/mol. The molecule has 0 radical (unpaired) electrons. The number of carbonyl (C=O) groups is 1. The van der Waals surface area contributed by atoms with Crippen molar-refractivity contribution in [2.45, 2.75) is 10.4 Å². The number of benzene rings is 1. The standard InChI is InChI=1S/C12H10F3N3O3S/c13-12(14,15)22(20,21)10-4-1-3-9(7-10)17-11(19)18-6-2-5-16-8-18/h1-7H,8H2,(H,17,19). The summed E-state index contributed by atoms with van der Waals surface area (Å²) in [5, 5.41) is 2.31. The summed E-state index contributed by atoms with van der Waals surface area (Å²) in [6.45, 7) is 0.0584. The van der Waals surface area contributed by atoms with Gasteiger partial charge in [-0.3, -0.25) is 9.89 Å². The lowest BCUT2D eigenvalue weighted by Crippen LogP contribution is -2.32. The third-order valence-corrected chi connectivity index (χ3v) is 4.14. The summed E-state index contributed by atoms with van der Waals surface area (Å²) < 4.78 is 60.1. The normalized spacial score (nSPS) is 15.0. The molecule has 0 atom stereocenters. The molecule has 2 rings (SSSR count). The first-order valence-corrected chi connectivity index (χ1v) is 7.36. The van der Waals surface area contributed by atoms with Gasteiger partial charge in [0.25, 0.3) is 9.84 Å². The van der Waals surface area contributed by atoms with Crippen LogP contribution in [0.4, 0.5) is 23.7 Å². The Balaban J connectivity index is 2.21.